The Labute approximate surface area is 129 Å². The number of halogens is 1. The van der Waals surface area contributed by atoms with Crippen LogP contribution >= 0.6 is 15.9 Å². The highest BCUT2D eigenvalue weighted by Gasteiger charge is 2.21. The normalized spacial score (nSPS) is 16.9. The van der Waals surface area contributed by atoms with Gasteiger partial charge < -0.3 is 15.5 Å². The summed E-state index contributed by atoms with van der Waals surface area (Å²) in [7, 11) is 0. The van der Waals surface area contributed by atoms with E-state index in [1.165, 1.54) is 5.56 Å². The minimum absolute atomic E-state index is 0.0938. The average Bonchev–Trinajstić information content (AvgIpc) is 2.44. The summed E-state index contributed by atoms with van der Waals surface area (Å²) in [6.07, 6.45) is 1.11. The smallest absolute Gasteiger partial charge is 0.239 e. The summed E-state index contributed by atoms with van der Waals surface area (Å²) in [6, 6.07) is 6.59. The molecular formula is C15H22BrN3O. The molecule has 1 aromatic rings. The summed E-state index contributed by atoms with van der Waals surface area (Å²) < 4.78 is 1.05. The number of amides is 1. The van der Waals surface area contributed by atoms with E-state index in [1.807, 2.05) is 0 Å². The number of carbonyl (C=O) groups is 1. The fourth-order valence-corrected chi connectivity index (χ4v) is 2.82. The number of hydrogen-bond acceptors (Lipinski definition) is 3. The molecule has 110 valence electrons. The molecule has 0 bridgehead atoms. The van der Waals surface area contributed by atoms with E-state index < -0.39 is 0 Å². The molecule has 0 radical (unpaired) electrons. The lowest BCUT2D eigenvalue weighted by atomic mass is 10.0. The second-order valence-corrected chi connectivity index (χ2v) is 6.07. The Bertz CT molecular complexity index is 478. The molecule has 1 heterocycles. The number of carbonyl (C=O) groups excluding carboxylic acids is 1. The van der Waals surface area contributed by atoms with Crippen LogP contribution in [0.5, 0.6) is 0 Å². The Kier molecular flexibility index (Phi) is 5.43. The van der Waals surface area contributed by atoms with Crippen molar-refractivity contribution in [2.24, 2.45) is 0 Å². The van der Waals surface area contributed by atoms with Crippen molar-refractivity contribution < 1.29 is 4.79 Å². The van der Waals surface area contributed by atoms with Gasteiger partial charge in [0, 0.05) is 29.3 Å². The summed E-state index contributed by atoms with van der Waals surface area (Å²) in [5.41, 5.74) is 2.39. The Hall–Kier alpha value is -1.07. The fraction of sp³-hybridized carbons (Fsp3) is 0.533. The average molecular weight is 340 g/mol. The zero-order valence-corrected chi connectivity index (χ0v) is 13.7. The van der Waals surface area contributed by atoms with Gasteiger partial charge >= 0.3 is 0 Å². The summed E-state index contributed by atoms with van der Waals surface area (Å²) in [5.74, 6) is 0.0938. The second-order valence-electron chi connectivity index (χ2n) is 5.15. The van der Waals surface area contributed by atoms with Gasteiger partial charge in [0.25, 0.3) is 0 Å². The first-order valence-corrected chi connectivity index (χ1v) is 7.95. The number of benzene rings is 1. The van der Waals surface area contributed by atoms with Crippen LogP contribution < -0.4 is 15.5 Å². The first-order valence-electron chi connectivity index (χ1n) is 7.16. The molecule has 1 aliphatic rings. The molecular weight excluding hydrogens is 318 g/mol. The van der Waals surface area contributed by atoms with Crippen LogP contribution in [0, 0.1) is 0 Å². The fourth-order valence-electron chi connectivity index (χ4n) is 2.47. The number of hydrogen-bond donors (Lipinski definition) is 2. The third kappa shape index (κ3) is 3.73. The van der Waals surface area contributed by atoms with Gasteiger partial charge in [-0.2, -0.15) is 0 Å². The second kappa shape index (κ2) is 7.09. The monoisotopic (exact) mass is 339 g/mol. The van der Waals surface area contributed by atoms with E-state index in [4.69, 9.17) is 0 Å². The van der Waals surface area contributed by atoms with E-state index in [1.54, 1.807) is 0 Å². The lowest BCUT2D eigenvalue weighted by molar-refractivity contribution is -0.120. The standard InChI is InChI=1S/C15H22BrN3O/c1-3-6-17-11(2)13-5-4-12(16)9-14(13)19-8-7-18-15(20)10-19/h4-5,9,11,17H,3,6-8,10H2,1-2H3,(H,18,20). The molecule has 1 fully saturated rings. The lowest BCUT2D eigenvalue weighted by Gasteiger charge is -2.32. The molecule has 1 unspecified atom stereocenters. The van der Waals surface area contributed by atoms with Gasteiger partial charge in [-0.25, -0.2) is 0 Å². The molecule has 1 aromatic carbocycles. The van der Waals surface area contributed by atoms with Crippen LogP contribution in [0.1, 0.15) is 31.9 Å². The van der Waals surface area contributed by atoms with Gasteiger partial charge in [-0.1, -0.05) is 28.9 Å². The van der Waals surface area contributed by atoms with Gasteiger partial charge in [0.05, 0.1) is 6.54 Å². The first kappa shape index (κ1) is 15.3. The van der Waals surface area contributed by atoms with Crippen LogP contribution in [0.4, 0.5) is 5.69 Å². The van der Waals surface area contributed by atoms with Crippen LogP contribution in [0.3, 0.4) is 0 Å². The van der Waals surface area contributed by atoms with E-state index in [0.717, 1.165) is 29.7 Å². The van der Waals surface area contributed by atoms with Gasteiger partial charge in [-0.15, -0.1) is 0 Å². The summed E-state index contributed by atoms with van der Waals surface area (Å²) in [5, 5.41) is 6.39. The van der Waals surface area contributed by atoms with Gasteiger partial charge in [0.1, 0.15) is 0 Å². The molecule has 1 atom stereocenters. The van der Waals surface area contributed by atoms with Crippen molar-refractivity contribution in [2.45, 2.75) is 26.3 Å². The van der Waals surface area contributed by atoms with Crippen molar-refractivity contribution in [3.63, 3.8) is 0 Å². The summed E-state index contributed by atoms with van der Waals surface area (Å²) >= 11 is 3.53. The van der Waals surface area contributed by atoms with Crippen molar-refractivity contribution in [3.05, 3.63) is 28.2 Å². The molecule has 4 nitrogen and oxygen atoms in total. The number of nitrogens with zero attached hydrogens (tertiary/aromatic N) is 1. The number of rotatable bonds is 5. The Morgan fingerprint density at radius 1 is 1.50 bits per heavy atom. The van der Waals surface area contributed by atoms with Crippen molar-refractivity contribution in [1.82, 2.24) is 10.6 Å². The highest BCUT2D eigenvalue weighted by atomic mass is 79.9. The minimum Gasteiger partial charge on any atom is -0.360 e. The predicted molar refractivity (Wildman–Crippen MR) is 86.1 cm³/mol. The summed E-state index contributed by atoms with van der Waals surface area (Å²) in [6.45, 7) is 7.34. The molecule has 20 heavy (non-hydrogen) atoms. The van der Waals surface area contributed by atoms with E-state index in [-0.39, 0.29) is 11.9 Å². The van der Waals surface area contributed by atoms with E-state index in [0.29, 0.717) is 13.1 Å². The molecule has 0 spiro atoms. The van der Waals surface area contributed by atoms with Gasteiger partial charge in [-0.3, -0.25) is 4.79 Å². The Morgan fingerprint density at radius 2 is 2.30 bits per heavy atom. The third-order valence-corrected chi connectivity index (χ3v) is 4.03. The maximum absolute atomic E-state index is 11.6. The van der Waals surface area contributed by atoms with Crippen molar-refractivity contribution in [3.8, 4) is 0 Å². The first-order chi connectivity index (χ1) is 9.61. The van der Waals surface area contributed by atoms with E-state index in [2.05, 4.69) is 63.5 Å². The van der Waals surface area contributed by atoms with Crippen LogP contribution in [-0.2, 0) is 4.79 Å². The molecule has 2 N–H and O–H groups in total. The maximum Gasteiger partial charge on any atom is 0.239 e. The van der Waals surface area contributed by atoms with E-state index >= 15 is 0 Å². The molecule has 2 rings (SSSR count). The Balaban J connectivity index is 2.25. The van der Waals surface area contributed by atoms with Gasteiger partial charge in [-0.05, 0) is 37.6 Å². The van der Waals surface area contributed by atoms with Gasteiger partial charge in [0.15, 0.2) is 0 Å². The van der Waals surface area contributed by atoms with Crippen molar-refractivity contribution >= 4 is 27.5 Å². The topological polar surface area (TPSA) is 44.4 Å². The van der Waals surface area contributed by atoms with Crippen LogP contribution in [0.15, 0.2) is 22.7 Å². The SMILES string of the molecule is CCCNC(C)c1ccc(Br)cc1N1CCNC(=O)C1. The van der Waals surface area contributed by atoms with Crippen LogP contribution in [-0.4, -0.2) is 32.1 Å². The largest absolute Gasteiger partial charge is 0.360 e. The highest BCUT2D eigenvalue weighted by Crippen LogP contribution is 2.30. The molecule has 5 heteroatoms. The molecule has 0 aromatic heterocycles. The molecule has 0 aliphatic carbocycles. The number of nitrogens with one attached hydrogen (secondary N) is 2. The third-order valence-electron chi connectivity index (χ3n) is 3.54. The van der Waals surface area contributed by atoms with Crippen LogP contribution in [0.25, 0.3) is 0 Å². The molecule has 0 saturated carbocycles. The zero-order valence-electron chi connectivity index (χ0n) is 12.1. The van der Waals surface area contributed by atoms with Gasteiger partial charge in [0.2, 0.25) is 5.91 Å². The summed E-state index contributed by atoms with van der Waals surface area (Å²) in [4.78, 5) is 13.8. The highest BCUT2D eigenvalue weighted by molar-refractivity contribution is 9.10. The molecule has 1 saturated heterocycles. The Morgan fingerprint density at radius 3 is 3.00 bits per heavy atom. The van der Waals surface area contributed by atoms with E-state index in [9.17, 15) is 4.79 Å². The predicted octanol–water partition coefficient (Wildman–Crippen LogP) is 2.45. The maximum atomic E-state index is 11.6. The molecule has 1 amide bonds. The van der Waals surface area contributed by atoms with Crippen molar-refractivity contribution in [1.29, 1.82) is 0 Å². The van der Waals surface area contributed by atoms with Crippen LogP contribution in [0.2, 0.25) is 0 Å². The molecule has 1 aliphatic heterocycles. The lowest BCUT2D eigenvalue weighted by Crippen LogP contribution is -2.48. The number of anilines is 1. The zero-order chi connectivity index (χ0) is 14.5. The number of piperazine rings is 1. The minimum atomic E-state index is 0.0938. The van der Waals surface area contributed by atoms with Crippen molar-refractivity contribution in [2.75, 3.05) is 31.1 Å². The quantitative estimate of drug-likeness (QED) is 0.865.